The number of carbonyl (C=O) groups excluding carboxylic acids is 1. The van der Waals surface area contributed by atoms with Crippen LogP contribution in [0.2, 0.25) is 0 Å². The molecule has 4 nitrogen and oxygen atoms in total. The van der Waals surface area contributed by atoms with Crippen LogP contribution in [-0.4, -0.2) is 45.9 Å². The Kier molecular flexibility index (Phi) is 4.77. The van der Waals surface area contributed by atoms with E-state index in [9.17, 15) is 18.0 Å². The van der Waals surface area contributed by atoms with Gasteiger partial charge in [0.2, 0.25) is 5.91 Å². The molecule has 1 aromatic carbocycles. The van der Waals surface area contributed by atoms with Crippen LogP contribution < -0.4 is 0 Å². The van der Waals surface area contributed by atoms with E-state index in [2.05, 4.69) is 22.9 Å². The maximum absolute atomic E-state index is 12.4. The fourth-order valence-corrected chi connectivity index (χ4v) is 3.55. The van der Waals surface area contributed by atoms with Crippen molar-refractivity contribution in [3.8, 4) is 0 Å². The Labute approximate surface area is 143 Å². The quantitative estimate of drug-likeness (QED) is 0.920. The molecule has 0 saturated carbocycles. The highest BCUT2D eigenvalue weighted by Gasteiger charge is 2.40. The monoisotopic (exact) mass is 354 g/mol. The predicted molar refractivity (Wildman–Crippen MR) is 88.2 cm³/mol. The SMILES string of the molecule is Cn1cc(C2CCN(C(=O)CC(O)C(F)(F)F)CC2)c2ccccc21. The first-order valence-electron chi connectivity index (χ1n) is 8.34. The van der Waals surface area contributed by atoms with Crippen LogP contribution in [0.3, 0.4) is 0 Å². The van der Waals surface area contributed by atoms with Gasteiger partial charge in [0.15, 0.2) is 6.10 Å². The van der Waals surface area contributed by atoms with Crippen molar-refractivity contribution in [3.63, 3.8) is 0 Å². The summed E-state index contributed by atoms with van der Waals surface area (Å²) in [4.78, 5) is 13.4. The fourth-order valence-electron chi connectivity index (χ4n) is 3.55. The maximum Gasteiger partial charge on any atom is 0.414 e. The van der Waals surface area contributed by atoms with E-state index in [1.165, 1.54) is 15.8 Å². The molecule has 0 aliphatic carbocycles. The number of rotatable bonds is 3. The van der Waals surface area contributed by atoms with E-state index in [-0.39, 0.29) is 5.92 Å². The minimum atomic E-state index is -4.75. The molecule has 1 atom stereocenters. The molecule has 25 heavy (non-hydrogen) atoms. The number of likely N-dealkylation sites (tertiary alicyclic amines) is 1. The smallest absolute Gasteiger partial charge is 0.383 e. The van der Waals surface area contributed by atoms with Crippen molar-refractivity contribution >= 4 is 16.8 Å². The number of aliphatic hydroxyl groups is 1. The number of aliphatic hydroxyl groups excluding tert-OH is 1. The van der Waals surface area contributed by atoms with E-state index in [0.717, 1.165) is 5.52 Å². The van der Waals surface area contributed by atoms with Gasteiger partial charge in [0, 0.05) is 37.2 Å². The van der Waals surface area contributed by atoms with Crippen molar-refractivity contribution in [2.45, 2.75) is 37.5 Å². The van der Waals surface area contributed by atoms with Gasteiger partial charge in [-0.1, -0.05) is 18.2 Å². The molecule has 1 unspecified atom stereocenters. The first kappa shape index (κ1) is 17.8. The predicted octanol–water partition coefficient (Wildman–Crippen LogP) is 3.20. The minimum Gasteiger partial charge on any atom is -0.383 e. The van der Waals surface area contributed by atoms with Crippen LogP contribution in [0.1, 0.15) is 30.7 Å². The largest absolute Gasteiger partial charge is 0.414 e. The van der Waals surface area contributed by atoms with Crippen LogP contribution in [-0.2, 0) is 11.8 Å². The van der Waals surface area contributed by atoms with Gasteiger partial charge < -0.3 is 14.6 Å². The Morgan fingerprint density at radius 3 is 2.56 bits per heavy atom. The number of carbonyl (C=O) groups is 1. The minimum absolute atomic E-state index is 0.280. The van der Waals surface area contributed by atoms with Gasteiger partial charge in [0.1, 0.15) is 0 Å². The van der Waals surface area contributed by atoms with Crippen LogP contribution in [0.15, 0.2) is 30.5 Å². The molecule has 0 radical (unpaired) electrons. The van der Waals surface area contributed by atoms with Crippen molar-refractivity contribution in [2.75, 3.05) is 13.1 Å². The van der Waals surface area contributed by atoms with Crippen LogP contribution in [0.4, 0.5) is 13.2 Å². The number of aryl methyl sites for hydroxylation is 1. The standard InChI is InChI=1S/C18H21F3N2O2/c1-22-11-14(13-4-2-3-5-15(13)22)12-6-8-23(9-7-12)17(25)10-16(24)18(19,20)21/h2-5,11-12,16,24H,6-10H2,1H3. The number of hydrogen-bond acceptors (Lipinski definition) is 2. The number of alkyl halides is 3. The van der Waals surface area contributed by atoms with Crippen molar-refractivity contribution in [2.24, 2.45) is 7.05 Å². The number of hydrogen-bond donors (Lipinski definition) is 1. The van der Waals surface area contributed by atoms with E-state index < -0.39 is 24.6 Å². The molecular weight excluding hydrogens is 333 g/mol. The molecule has 1 aliphatic rings. The molecule has 1 N–H and O–H groups in total. The van der Waals surface area contributed by atoms with Crippen molar-refractivity contribution in [1.82, 2.24) is 9.47 Å². The molecule has 7 heteroatoms. The van der Waals surface area contributed by atoms with E-state index in [1.54, 1.807) is 0 Å². The summed E-state index contributed by atoms with van der Waals surface area (Å²) in [5, 5.41) is 10.2. The van der Waals surface area contributed by atoms with Gasteiger partial charge in [-0.3, -0.25) is 4.79 Å². The zero-order valence-electron chi connectivity index (χ0n) is 14.0. The van der Waals surface area contributed by atoms with Crippen molar-refractivity contribution in [1.29, 1.82) is 0 Å². The van der Waals surface area contributed by atoms with Gasteiger partial charge in [0.05, 0.1) is 6.42 Å². The van der Waals surface area contributed by atoms with Crippen LogP contribution in [0.5, 0.6) is 0 Å². The van der Waals surface area contributed by atoms with Gasteiger partial charge >= 0.3 is 6.18 Å². The highest BCUT2D eigenvalue weighted by atomic mass is 19.4. The van der Waals surface area contributed by atoms with Gasteiger partial charge in [-0.25, -0.2) is 0 Å². The molecule has 1 amide bonds. The topological polar surface area (TPSA) is 45.5 Å². The normalized spacial score (nSPS) is 17.9. The summed E-state index contributed by atoms with van der Waals surface area (Å²) in [6, 6.07) is 8.10. The number of aromatic nitrogens is 1. The van der Waals surface area contributed by atoms with Crippen LogP contribution in [0.25, 0.3) is 10.9 Å². The summed E-state index contributed by atoms with van der Waals surface area (Å²) < 4.78 is 39.2. The van der Waals surface area contributed by atoms with Gasteiger partial charge in [0.25, 0.3) is 0 Å². The highest BCUT2D eigenvalue weighted by Crippen LogP contribution is 2.34. The number of amides is 1. The number of para-hydroxylation sites is 1. The van der Waals surface area contributed by atoms with E-state index in [0.29, 0.717) is 25.9 Å². The second kappa shape index (κ2) is 6.71. The Hall–Kier alpha value is -2.02. The Bertz CT molecular complexity index is 761. The second-order valence-corrected chi connectivity index (χ2v) is 6.63. The van der Waals surface area contributed by atoms with Gasteiger partial charge in [-0.15, -0.1) is 0 Å². The molecule has 0 bridgehead atoms. The Morgan fingerprint density at radius 1 is 1.28 bits per heavy atom. The lowest BCUT2D eigenvalue weighted by atomic mass is 9.89. The third kappa shape index (κ3) is 3.66. The average molecular weight is 354 g/mol. The van der Waals surface area contributed by atoms with E-state index >= 15 is 0 Å². The lowest BCUT2D eigenvalue weighted by Gasteiger charge is -2.32. The molecular formula is C18H21F3N2O2. The summed E-state index contributed by atoms with van der Waals surface area (Å²) in [6.45, 7) is 0.828. The fraction of sp³-hybridized carbons (Fsp3) is 0.500. The zero-order valence-corrected chi connectivity index (χ0v) is 14.0. The summed E-state index contributed by atoms with van der Waals surface area (Å²) in [6.07, 6.45) is -4.72. The molecule has 0 spiro atoms. The number of benzene rings is 1. The Balaban J connectivity index is 1.65. The molecule has 1 aromatic heterocycles. The van der Waals surface area contributed by atoms with Crippen molar-refractivity contribution in [3.05, 3.63) is 36.0 Å². The number of piperidine rings is 1. The molecule has 2 heterocycles. The van der Waals surface area contributed by atoms with Gasteiger partial charge in [-0.2, -0.15) is 13.2 Å². The zero-order chi connectivity index (χ0) is 18.2. The molecule has 1 saturated heterocycles. The first-order valence-corrected chi connectivity index (χ1v) is 8.34. The number of nitrogens with zero attached hydrogens (tertiary/aromatic N) is 2. The lowest BCUT2D eigenvalue weighted by Crippen LogP contribution is -2.41. The van der Waals surface area contributed by atoms with E-state index in [4.69, 9.17) is 5.11 Å². The Morgan fingerprint density at radius 2 is 1.92 bits per heavy atom. The molecule has 3 rings (SSSR count). The van der Waals surface area contributed by atoms with Crippen molar-refractivity contribution < 1.29 is 23.1 Å². The highest BCUT2D eigenvalue weighted by molar-refractivity contribution is 5.84. The van der Waals surface area contributed by atoms with Gasteiger partial charge in [-0.05, 0) is 30.4 Å². The van der Waals surface area contributed by atoms with E-state index in [1.807, 2.05) is 19.2 Å². The molecule has 1 fully saturated rings. The molecule has 2 aromatic rings. The summed E-state index contributed by atoms with van der Waals surface area (Å²) in [5.74, 6) is -0.358. The average Bonchev–Trinajstić information content (AvgIpc) is 2.91. The number of halogens is 3. The van der Waals surface area contributed by atoms with Crippen LogP contribution in [0, 0.1) is 0 Å². The third-order valence-corrected chi connectivity index (χ3v) is 4.96. The maximum atomic E-state index is 12.4. The second-order valence-electron chi connectivity index (χ2n) is 6.63. The number of fused-ring (bicyclic) bond motifs is 1. The van der Waals surface area contributed by atoms with Crippen LogP contribution >= 0.6 is 0 Å². The lowest BCUT2D eigenvalue weighted by molar-refractivity contribution is -0.207. The summed E-state index contributed by atoms with van der Waals surface area (Å²) >= 11 is 0. The molecule has 1 aliphatic heterocycles. The third-order valence-electron chi connectivity index (χ3n) is 4.96. The molecule has 136 valence electrons. The summed E-state index contributed by atoms with van der Waals surface area (Å²) in [7, 11) is 1.99. The first-order chi connectivity index (χ1) is 11.8. The summed E-state index contributed by atoms with van der Waals surface area (Å²) in [5.41, 5.74) is 2.37.